The van der Waals surface area contributed by atoms with Gasteiger partial charge in [0.25, 0.3) is 0 Å². The molecule has 0 radical (unpaired) electrons. The summed E-state index contributed by atoms with van der Waals surface area (Å²) in [5.74, 6) is 1.82. The molecule has 0 unspecified atom stereocenters. The number of rotatable bonds is 8. The molecule has 150 valence electrons. The second kappa shape index (κ2) is 13.0. The van der Waals surface area contributed by atoms with Gasteiger partial charge in [-0.2, -0.15) is 0 Å². The van der Waals surface area contributed by atoms with Crippen LogP contribution in [0.25, 0.3) is 0 Å². The molecule has 1 atom stereocenters. The fourth-order valence-corrected chi connectivity index (χ4v) is 3.55. The molecule has 0 amide bonds. The molecule has 0 aromatic heterocycles. The minimum absolute atomic E-state index is 0. The van der Waals surface area contributed by atoms with Crippen molar-refractivity contribution < 1.29 is 4.74 Å². The van der Waals surface area contributed by atoms with Crippen molar-refractivity contribution >= 4 is 24.8 Å². The maximum atomic E-state index is 6.05. The number of nitrogens with zero attached hydrogens (tertiary/aromatic N) is 1. The molecule has 1 heterocycles. The average Bonchev–Trinajstić information content (AvgIpc) is 2.67. The summed E-state index contributed by atoms with van der Waals surface area (Å²) in [6.07, 6.45) is 5.09. The summed E-state index contributed by atoms with van der Waals surface area (Å²) in [7, 11) is 0. The molecular weight excluding hydrogens is 379 g/mol. The van der Waals surface area contributed by atoms with Crippen LogP contribution in [-0.2, 0) is 0 Å². The van der Waals surface area contributed by atoms with Gasteiger partial charge in [-0.25, -0.2) is 0 Å². The molecule has 2 aromatic rings. The number of unbranched alkanes of at least 4 members (excludes halogenated alkanes) is 2. The molecule has 0 saturated carbocycles. The Balaban J connectivity index is 0.00000182. The first-order valence-corrected chi connectivity index (χ1v) is 9.64. The van der Waals surface area contributed by atoms with Gasteiger partial charge in [0.15, 0.2) is 0 Å². The van der Waals surface area contributed by atoms with Gasteiger partial charge < -0.3 is 10.1 Å². The number of halogens is 2. The lowest BCUT2D eigenvalue weighted by atomic mass is 9.98. The second-order valence-electron chi connectivity index (χ2n) is 6.79. The summed E-state index contributed by atoms with van der Waals surface area (Å²) in [6.45, 7) is 6.70. The second-order valence-corrected chi connectivity index (χ2v) is 6.79. The van der Waals surface area contributed by atoms with Crippen LogP contribution in [0.4, 0.5) is 0 Å². The quantitative estimate of drug-likeness (QED) is 0.552. The molecule has 1 saturated heterocycles. The van der Waals surface area contributed by atoms with E-state index in [1.807, 2.05) is 30.3 Å². The van der Waals surface area contributed by atoms with Crippen LogP contribution < -0.4 is 10.1 Å². The smallest absolute Gasteiger partial charge is 0.127 e. The van der Waals surface area contributed by atoms with E-state index in [1.165, 1.54) is 31.2 Å². The van der Waals surface area contributed by atoms with Gasteiger partial charge in [0.05, 0.1) is 0 Å². The minimum atomic E-state index is 0. The highest BCUT2D eigenvalue weighted by Gasteiger charge is 2.22. The first-order chi connectivity index (χ1) is 12.4. The molecule has 1 aliphatic heterocycles. The number of nitrogens with one attached hydrogen (secondary N) is 1. The third-order valence-electron chi connectivity index (χ3n) is 4.90. The van der Waals surface area contributed by atoms with E-state index in [2.05, 4.69) is 41.4 Å². The molecule has 1 fully saturated rings. The summed E-state index contributed by atoms with van der Waals surface area (Å²) in [6, 6.07) is 19.2. The fraction of sp³-hybridized carbons (Fsp3) is 0.455. The van der Waals surface area contributed by atoms with Crippen LogP contribution in [0.2, 0.25) is 0 Å². The monoisotopic (exact) mass is 410 g/mol. The molecular formula is C22H32Cl2N2O. The van der Waals surface area contributed by atoms with E-state index in [-0.39, 0.29) is 24.8 Å². The van der Waals surface area contributed by atoms with Gasteiger partial charge in [0.2, 0.25) is 0 Å². The summed E-state index contributed by atoms with van der Waals surface area (Å²) in [5, 5.41) is 3.47. The number of hydrogen-bond donors (Lipinski definition) is 1. The van der Waals surface area contributed by atoms with Crippen molar-refractivity contribution in [1.29, 1.82) is 0 Å². The summed E-state index contributed by atoms with van der Waals surface area (Å²) < 4.78 is 6.05. The Labute approximate surface area is 176 Å². The lowest BCUT2D eigenvalue weighted by Gasteiger charge is -2.35. The van der Waals surface area contributed by atoms with Gasteiger partial charge in [0.1, 0.15) is 11.5 Å². The van der Waals surface area contributed by atoms with E-state index >= 15 is 0 Å². The zero-order valence-corrected chi connectivity index (χ0v) is 17.7. The average molecular weight is 411 g/mol. The zero-order chi connectivity index (χ0) is 17.3. The molecule has 0 aliphatic carbocycles. The molecule has 3 nitrogen and oxygen atoms in total. The molecule has 1 aliphatic rings. The van der Waals surface area contributed by atoms with Gasteiger partial charge in [0, 0.05) is 32.2 Å². The first kappa shape index (κ1) is 23.8. The van der Waals surface area contributed by atoms with Gasteiger partial charge in [-0.1, -0.05) is 56.5 Å². The lowest BCUT2D eigenvalue weighted by molar-refractivity contribution is 0.162. The standard InChI is InChI=1S/C22H30N2O.2ClH/c1-2-3-5-13-22(24-16-14-23-15-17-24)19-9-8-12-21(18-19)25-20-10-6-4-7-11-20;;/h4,6-12,18,22-23H,2-3,5,13-17H2,1H3;2*1H/t22-;;/m1../s1. The van der Waals surface area contributed by atoms with E-state index in [4.69, 9.17) is 4.74 Å². The van der Waals surface area contributed by atoms with Gasteiger partial charge in [-0.3, -0.25) is 4.90 Å². The van der Waals surface area contributed by atoms with E-state index in [0.29, 0.717) is 6.04 Å². The largest absolute Gasteiger partial charge is 0.457 e. The van der Waals surface area contributed by atoms with E-state index < -0.39 is 0 Å². The molecule has 2 aromatic carbocycles. The first-order valence-electron chi connectivity index (χ1n) is 9.64. The van der Waals surface area contributed by atoms with Crippen molar-refractivity contribution in [2.24, 2.45) is 0 Å². The van der Waals surface area contributed by atoms with Crippen LogP contribution in [0.15, 0.2) is 54.6 Å². The van der Waals surface area contributed by atoms with Crippen molar-refractivity contribution in [1.82, 2.24) is 10.2 Å². The van der Waals surface area contributed by atoms with Crippen LogP contribution in [0.5, 0.6) is 11.5 Å². The van der Waals surface area contributed by atoms with Crippen molar-refractivity contribution in [2.45, 2.75) is 38.6 Å². The Kier molecular flexibility index (Phi) is 11.5. The third kappa shape index (κ3) is 7.34. The number of benzene rings is 2. The number of piperazine rings is 1. The molecule has 0 bridgehead atoms. The topological polar surface area (TPSA) is 24.5 Å². The Hall–Kier alpha value is -1.26. The van der Waals surface area contributed by atoms with Crippen LogP contribution in [-0.4, -0.2) is 31.1 Å². The lowest BCUT2D eigenvalue weighted by Crippen LogP contribution is -2.45. The summed E-state index contributed by atoms with van der Waals surface area (Å²) in [4.78, 5) is 2.63. The van der Waals surface area contributed by atoms with E-state index in [1.54, 1.807) is 0 Å². The number of ether oxygens (including phenoxy) is 1. The molecule has 5 heteroatoms. The molecule has 3 rings (SSSR count). The van der Waals surface area contributed by atoms with Crippen molar-refractivity contribution in [3.05, 3.63) is 60.2 Å². The fourth-order valence-electron chi connectivity index (χ4n) is 3.55. The summed E-state index contributed by atoms with van der Waals surface area (Å²) >= 11 is 0. The SMILES string of the molecule is CCCCC[C@H](c1cccc(Oc2ccccc2)c1)N1CCNCC1.Cl.Cl. The summed E-state index contributed by atoms with van der Waals surface area (Å²) in [5.41, 5.74) is 1.38. The molecule has 27 heavy (non-hydrogen) atoms. The van der Waals surface area contributed by atoms with Crippen LogP contribution >= 0.6 is 24.8 Å². The van der Waals surface area contributed by atoms with Crippen LogP contribution in [0.3, 0.4) is 0 Å². The molecule has 0 spiro atoms. The predicted octanol–water partition coefficient (Wildman–Crippen LogP) is 5.85. The highest BCUT2D eigenvalue weighted by molar-refractivity contribution is 5.85. The Morgan fingerprint density at radius 3 is 2.33 bits per heavy atom. The van der Waals surface area contributed by atoms with Crippen molar-refractivity contribution in [2.75, 3.05) is 26.2 Å². The minimum Gasteiger partial charge on any atom is -0.457 e. The van der Waals surface area contributed by atoms with E-state index in [0.717, 1.165) is 37.7 Å². The maximum absolute atomic E-state index is 6.05. The van der Waals surface area contributed by atoms with E-state index in [9.17, 15) is 0 Å². The van der Waals surface area contributed by atoms with Crippen LogP contribution in [0, 0.1) is 0 Å². The van der Waals surface area contributed by atoms with Gasteiger partial charge in [-0.05, 0) is 36.2 Å². The molecule has 1 N–H and O–H groups in total. The highest BCUT2D eigenvalue weighted by Crippen LogP contribution is 2.31. The zero-order valence-electron chi connectivity index (χ0n) is 16.1. The van der Waals surface area contributed by atoms with Gasteiger partial charge >= 0.3 is 0 Å². The normalized spacial score (nSPS) is 15.3. The number of hydrogen-bond acceptors (Lipinski definition) is 3. The van der Waals surface area contributed by atoms with Gasteiger partial charge in [-0.15, -0.1) is 24.8 Å². The maximum Gasteiger partial charge on any atom is 0.127 e. The van der Waals surface area contributed by atoms with Crippen molar-refractivity contribution in [3.63, 3.8) is 0 Å². The Morgan fingerprint density at radius 1 is 0.926 bits per heavy atom. The number of para-hydroxylation sites is 1. The Bertz CT molecular complexity index is 633. The van der Waals surface area contributed by atoms with Crippen molar-refractivity contribution in [3.8, 4) is 11.5 Å². The highest BCUT2D eigenvalue weighted by atomic mass is 35.5. The predicted molar refractivity (Wildman–Crippen MR) is 119 cm³/mol. The van der Waals surface area contributed by atoms with Crippen LogP contribution in [0.1, 0.15) is 44.2 Å². The third-order valence-corrected chi connectivity index (χ3v) is 4.90. The Morgan fingerprint density at radius 2 is 1.63 bits per heavy atom.